The Kier molecular flexibility index (Phi) is 1.43. The summed E-state index contributed by atoms with van der Waals surface area (Å²) in [4.78, 5) is 0. The molecule has 0 aromatic carbocycles. The third-order valence-electron chi connectivity index (χ3n) is 1.30. The SMILES string of the molecule is N=C1CC(P)CC1=N. The monoisotopic (exact) mass is 128 g/mol. The molecule has 0 saturated heterocycles. The van der Waals surface area contributed by atoms with Gasteiger partial charge >= 0.3 is 0 Å². The van der Waals surface area contributed by atoms with Crippen LogP contribution in [-0.4, -0.2) is 17.1 Å². The summed E-state index contributed by atoms with van der Waals surface area (Å²) >= 11 is 0. The summed E-state index contributed by atoms with van der Waals surface area (Å²) in [7, 11) is 2.64. The molecule has 0 radical (unpaired) electrons. The van der Waals surface area contributed by atoms with Gasteiger partial charge < -0.3 is 10.8 Å². The lowest BCUT2D eigenvalue weighted by Gasteiger charge is -1.90. The molecule has 1 unspecified atom stereocenters. The van der Waals surface area contributed by atoms with Gasteiger partial charge in [-0.2, -0.15) is 0 Å². The lowest BCUT2D eigenvalue weighted by Crippen LogP contribution is -1.99. The van der Waals surface area contributed by atoms with Gasteiger partial charge in [0.2, 0.25) is 0 Å². The highest BCUT2D eigenvalue weighted by atomic mass is 31.0. The van der Waals surface area contributed by atoms with E-state index in [4.69, 9.17) is 10.8 Å². The first-order valence-electron chi connectivity index (χ1n) is 2.61. The van der Waals surface area contributed by atoms with Crippen LogP contribution in [0.3, 0.4) is 0 Å². The van der Waals surface area contributed by atoms with Crippen molar-refractivity contribution < 1.29 is 0 Å². The van der Waals surface area contributed by atoms with Crippen LogP contribution in [0.4, 0.5) is 0 Å². The molecule has 1 rings (SSSR count). The smallest absolute Gasteiger partial charge is 0.0527 e. The van der Waals surface area contributed by atoms with Gasteiger partial charge in [0, 0.05) is 0 Å². The zero-order valence-electron chi connectivity index (χ0n) is 4.57. The average molecular weight is 128 g/mol. The van der Waals surface area contributed by atoms with E-state index in [0.717, 1.165) is 12.8 Å². The van der Waals surface area contributed by atoms with Crippen molar-refractivity contribution in [3.8, 4) is 0 Å². The van der Waals surface area contributed by atoms with Crippen LogP contribution in [0.25, 0.3) is 0 Å². The summed E-state index contributed by atoms with van der Waals surface area (Å²) < 4.78 is 0. The second-order valence-corrected chi connectivity index (χ2v) is 3.07. The molecule has 0 aromatic rings. The van der Waals surface area contributed by atoms with Gasteiger partial charge in [0.15, 0.2) is 0 Å². The molecule has 8 heavy (non-hydrogen) atoms. The fourth-order valence-corrected chi connectivity index (χ4v) is 1.31. The molecule has 2 nitrogen and oxygen atoms in total. The number of hydrogen-bond acceptors (Lipinski definition) is 2. The number of rotatable bonds is 0. The molecule has 0 heterocycles. The van der Waals surface area contributed by atoms with Crippen molar-refractivity contribution in [1.29, 1.82) is 10.8 Å². The van der Waals surface area contributed by atoms with Gasteiger partial charge in [-0.25, -0.2) is 0 Å². The van der Waals surface area contributed by atoms with E-state index in [-0.39, 0.29) is 0 Å². The summed E-state index contributed by atoms with van der Waals surface area (Å²) in [6, 6.07) is 0. The maximum Gasteiger partial charge on any atom is 0.0527 e. The Morgan fingerprint density at radius 1 is 1.25 bits per heavy atom. The van der Waals surface area contributed by atoms with Gasteiger partial charge in [-0.15, -0.1) is 9.24 Å². The summed E-state index contributed by atoms with van der Waals surface area (Å²) in [6.45, 7) is 0. The topological polar surface area (TPSA) is 47.7 Å². The molecule has 2 N–H and O–H groups in total. The molecule has 0 aliphatic heterocycles. The maximum absolute atomic E-state index is 7.15. The molecule has 1 saturated carbocycles. The van der Waals surface area contributed by atoms with Gasteiger partial charge in [-0.3, -0.25) is 0 Å². The van der Waals surface area contributed by atoms with Crippen LogP contribution in [0, 0.1) is 10.8 Å². The van der Waals surface area contributed by atoms with Crippen molar-refractivity contribution in [1.82, 2.24) is 0 Å². The standard InChI is InChI=1S/C5H9N2P/c6-4-1-3(8)2-5(4)7/h3,6-7H,1-2,8H2. The summed E-state index contributed by atoms with van der Waals surface area (Å²) in [5.41, 5.74) is 1.50. The van der Waals surface area contributed by atoms with E-state index < -0.39 is 0 Å². The van der Waals surface area contributed by atoms with E-state index >= 15 is 0 Å². The average Bonchev–Trinajstić information content (AvgIpc) is 1.85. The van der Waals surface area contributed by atoms with Crippen LogP contribution in [0.2, 0.25) is 0 Å². The Labute approximate surface area is 50.9 Å². The second-order valence-electron chi connectivity index (χ2n) is 2.13. The molecule has 0 aromatic heterocycles. The fraction of sp³-hybridized carbons (Fsp3) is 0.600. The molecule has 0 bridgehead atoms. The first kappa shape index (κ1) is 5.90. The zero-order chi connectivity index (χ0) is 6.15. The Bertz CT molecular complexity index is 125. The van der Waals surface area contributed by atoms with E-state index in [2.05, 4.69) is 9.24 Å². The number of hydrogen-bond donors (Lipinski definition) is 2. The molecule has 0 spiro atoms. The van der Waals surface area contributed by atoms with Crippen LogP contribution in [0.5, 0.6) is 0 Å². The van der Waals surface area contributed by atoms with E-state index in [1.165, 1.54) is 0 Å². The van der Waals surface area contributed by atoms with E-state index in [0.29, 0.717) is 17.1 Å². The van der Waals surface area contributed by atoms with Crippen molar-refractivity contribution in [2.45, 2.75) is 18.5 Å². The van der Waals surface area contributed by atoms with E-state index in [1.807, 2.05) is 0 Å². The molecule has 1 aliphatic rings. The minimum atomic E-state index is 0.468. The minimum absolute atomic E-state index is 0.468. The first-order chi connectivity index (χ1) is 3.70. The van der Waals surface area contributed by atoms with Gasteiger partial charge in [-0.05, 0) is 18.5 Å². The van der Waals surface area contributed by atoms with Crippen molar-refractivity contribution in [2.75, 3.05) is 0 Å². The van der Waals surface area contributed by atoms with Crippen molar-refractivity contribution in [3.63, 3.8) is 0 Å². The molecule has 3 heteroatoms. The third kappa shape index (κ3) is 0.948. The van der Waals surface area contributed by atoms with Crippen LogP contribution < -0.4 is 0 Å². The molecule has 0 amide bonds. The normalized spacial score (nSPS) is 29.4. The van der Waals surface area contributed by atoms with Crippen LogP contribution in [-0.2, 0) is 0 Å². The Balaban J connectivity index is 2.64. The predicted molar refractivity (Wildman–Crippen MR) is 38.2 cm³/mol. The van der Waals surface area contributed by atoms with Gasteiger partial charge in [0.25, 0.3) is 0 Å². The van der Waals surface area contributed by atoms with Crippen molar-refractivity contribution in [2.24, 2.45) is 0 Å². The highest BCUT2D eigenvalue weighted by Gasteiger charge is 2.19. The van der Waals surface area contributed by atoms with Gasteiger partial charge in [0.1, 0.15) is 0 Å². The van der Waals surface area contributed by atoms with Crippen LogP contribution >= 0.6 is 9.24 Å². The molecule has 1 atom stereocenters. The third-order valence-corrected chi connectivity index (χ3v) is 1.77. The van der Waals surface area contributed by atoms with E-state index in [9.17, 15) is 0 Å². The Morgan fingerprint density at radius 2 is 1.62 bits per heavy atom. The largest absolute Gasteiger partial charge is 0.303 e. The lowest BCUT2D eigenvalue weighted by atomic mass is 10.3. The quantitative estimate of drug-likeness (QED) is 0.458. The maximum atomic E-state index is 7.15. The zero-order valence-corrected chi connectivity index (χ0v) is 5.72. The van der Waals surface area contributed by atoms with Gasteiger partial charge in [-0.1, -0.05) is 0 Å². The van der Waals surface area contributed by atoms with Crippen LogP contribution in [0.15, 0.2) is 0 Å². The first-order valence-corrected chi connectivity index (χ1v) is 3.27. The molecule has 44 valence electrons. The van der Waals surface area contributed by atoms with Crippen LogP contribution in [0.1, 0.15) is 12.8 Å². The van der Waals surface area contributed by atoms with E-state index in [1.54, 1.807) is 0 Å². The molecule has 1 aliphatic carbocycles. The Hall–Kier alpha value is -0.230. The number of nitrogens with one attached hydrogen (secondary N) is 2. The molecular formula is C5H9N2P. The Morgan fingerprint density at radius 3 is 1.75 bits per heavy atom. The highest BCUT2D eigenvalue weighted by Crippen LogP contribution is 2.19. The lowest BCUT2D eigenvalue weighted by molar-refractivity contribution is 0.997. The fourth-order valence-electron chi connectivity index (χ4n) is 0.843. The predicted octanol–water partition coefficient (Wildman–Crippen LogP) is 1.06. The van der Waals surface area contributed by atoms with Crippen molar-refractivity contribution >= 4 is 20.7 Å². The summed E-state index contributed by atoms with van der Waals surface area (Å²) in [5.74, 6) is 0. The summed E-state index contributed by atoms with van der Waals surface area (Å²) in [6.07, 6.45) is 1.56. The minimum Gasteiger partial charge on any atom is -0.303 e. The summed E-state index contributed by atoms with van der Waals surface area (Å²) in [5, 5.41) is 14.3. The van der Waals surface area contributed by atoms with Gasteiger partial charge in [0.05, 0.1) is 11.4 Å². The highest BCUT2D eigenvalue weighted by molar-refractivity contribution is 7.18. The molecular weight excluding hydrogens is 119 g/mol. The molecule has 1 fully saturated rings. The van der Waals surface area contributed by atoms with Crippen molar-refractivity contribution in [3.05, 3.63) is 0 Å². The second kappa shape index (κ2) is 1.94.